The second-order valence-corrected chi connectivity index (χ2v) is 7.21. The van der Waals surface area contributed by atoms with Gasteiger partial charge in [-0.3, -0.25) is 5.43 Å². The minimum atomic E-state index is -0.525. The van der Waals surface area contributed by atoms with E-state index in [1.165, 1.54) is 18.3 Å². The maximum atomic E-state index is 13.0. The third-order valence-corrected chi connectivity index (χ3v) is 4.48. The third kappa shape index (κ3) is 6.76. The fourth-order valence-electron chi connectivity index (χ4n) is 2.56. The first-order valence-electron chi connectivity index (χ1n) is 9.55. The van der Waals surface area contributed by atoms with E-state index in [1.807, 2.05) is 6.92 Å². The summed E-state index contributed by atoms with van der Waals surface area (Å²) in [5.74, 6) is -0.182. The summed E-state index contributed by atoms with van der Waals surface area (Å²) in [6.45, 7) is 2.21. The largest absolute Gasteiger partial charge is 0.490 e. The van der Waals surface area contributed by atoms with E-state index < -0.39 is 5.97 Å². The van der Waals surface area contributed by atoms with Crippen molar-refractivity contribution >= 4 is 46.8 Å². The number of hydrogen-bond donors (Lipinski definition) is 2. The maximum Gasteiger partial charge on any atom is 0.343 e. The van der Waals surface area contributed by atoms with Gasteiger partial charge in [0.25, 0.3) is 0 Å². The molecule has 0 saturated carbocycles. The topological polar surface area (TPSA) is 71.9 Å². The number of esters is 1. The molecule has 9 heteroatoms. The van der Waals surface area contributed by atoms with Crippen LogP contribution in [0.4, 0.5) is 10.1 Å². The fraction of sp³-hybridized carbons (Fsp3) is 0.0870. The second-order valence-electron chi connectivity index (χ2n) is 6.37. The van der Waals surface area contributed by atoms with Gasteiger partial charge in [0.1, 0.15) is 5.82 Å². The van der Waals surface area contributed by atoms with Crippen molar-refractivity contribution in [1.82, 2.24) is 5.43 Å². The van der Waals surface area contributed by atoms with E-state index in [0.29, 0.717) is 34.2 Å². The molecule has 0 aliphatic rings. The second kappa shape index (κ2) is 11.2. The Hall–Kier alpha value is -3.49. The number of benzene rings is 3. The lowest BCUT2D eigenvalue weighted by molar-refractivity contribution is 0.0728. The van der Waals surface area contributed by atoms with Crippen molar-refractivity contribution in [3.8, 4) is 11.5 Å². The molecule has 0 bridgehead atoms. The van der Waals surface area contributed by atoms with Gasteiger partial charge in [0.05, 0.1) is 18.4 Å². The van der Waals surface area contributed by atoms with Crippen LogP contribution in [-0.2, 0) is 0 Å². The van der Waals surface area contributed by atoms with Crippen molar-refractivity contribution in [2.45, 2.75) is 6.92 Å². The highest BCUT2D eigenvalue weighted by Gasteiger charge is 2.13. The van der Waals surface area contributed by atoms with Gasteiger partial charge in [-0.25, -0.2) is 9.18 Å². The average Bonchev–Trinajstić information content (AvgIpc) is 2.77. The van der Waals surface area contributed by atoms with Crippen LogP contribution in [0.1, 0.15) is 22.8 Å². The maximum absolute atomic E-state index is 13.0. The standard InChI is InChI=1S/C23H19ClFN3O3S/c1-2-30-21-13-15(14-26-28-23(32)27-19-10-8-18(25)9-11-19)3-12-20(21)31-22(29)16-4-6-17(24)7-5-16/h3-14H,2H2,1H3,(H2,27,28,32)/b26-14-. The monoisotopic (exact) mass is 471 g/mol. The fourth-order valence-corrected chi connectivity index (χ4v) is 2.86. The summed E-state index contributed by atoms with van der Waals surface area (Å²) in [7, 11) is 0. The summed E-state index contributed by atoms with van der Waals surface area (Å²) in [5.41, 5.74) is 4.37. The zero-order valence-electron chi connectivity index (χ0n) is 17.0. The average molecular weight is 472 g/mol. The summed E-state index contributed by atoms with van der Waals surface area (Å²) in [6, 6.07) is 17.2. The Morgan fingerprint density at radius 1 is 1.09 bits per heavy atom. The summed E-state index contributed by atoms with van der Waals surface area (Å²) in [6.07, 6.45) is 1.53. The van der Waals surface area contributed by atoms with Crippen molar-refractivity contribution in [3.05, 3.63) is 88.7 Å². The number of anilines is 1. The van der Waals surface area contributed by atoms with E-state index in [1.54, 1.807) is 54.6 Å². The first-order chi connectivity index (χ1) is 15.4. The van der Waals surface area contributed by atoms with E-state index in [2.05, 4.69) is 15.8 Å². The minimum Gasteiger partial charge on any atom is -0.490 e. The first kappa shape index (κ1) is 23.2. The Morgan fingerprint density at radius 3 is 2.50 bits per heavy atom. The van der Waals surface area contributed by atoms with Crippen LogP contribution >= 0.6 is 23.8 Å². The van der Waals surface area contributed by atoms with Crippen molar-refractivity contribution in [1.29, 1.82) is 0 Å². The predicted molar refractivity (Wildman–Crippen MR) is 127 cm³/mol. The molecule has 0 aromatic heterocycles. The molecule has 0 unspecified atom stereocenters. The molecule has 0 aliphatic carbocycles. The molecule has 6 nitrogen and oxygen atoms in total. The van der Waals surface area contributed by atoms with E-state index in [4.69, 9.17) is 33.3 Å². The van der Waals surface area contributed by atoms with Crippen LogP contribution in [0.5, 0.6) is 11.5 Å². The first-order valence-corrected chi connectivity index (χ1v) is 10.3. The highest BCUT2D eigenvalue weighted by Crippen LogP contribution is 2.29. The summed E-state index contributed by atoms with van der Waals surface area (Å²) in [5, 5.41) is 7.73. The Labute approximate surface area is 195 Å². The summed E-state index contributed by atoms with van der Waals surface area (Å²) < 4.78 is 24.0. The highest BCUT2D eigenvalue weighted by atomic mass is 35.5. The molecule has 0 amide bonds. The number of halogens is 2. The molecule has 164 valence electrons. The number of nitrogens with one attached hydrogen (secondary N) is 2. The molecule has 0 aliphatic heterocycles. The molecule has 3 aromatic carbocycles. The number of hydrazone groups is 1. The van der Waals surface area contributed by atoms with E-state index in [0.717, 1.165) is 0 Å². The molecule has 0 heterocycles. The zero-order chi connectivity index (χ0) is 22.9. The number of carbonyl (C=O) groups excluding carboxylic acids is 1. The number of ether oxygens (including phenoxy) is 2. The van der Waals surface area contributed by atoms with Crippen LogP contribution in [0.25, 0.3) is 0 Å². The van der Waals surface area contributed by atoms with Gasteiger partial charge in [0.15, 0.2) is 16.6 Å². The molecule has 0 radical (unpaired) electrons. The quantitative estimate of drug-likeness (QED) is 0.158. The van der Waals surface area contributed by atoms with Crippen LogP contribution in [0.2, 0.25) is 5.02 Å². The molecule has 2 N–H and O–H groups in total. The SMILES string of the molecule is CCOc1cc(/C=N\NC(=S)Nc2ccc(F)cc2)ccc1OC(=O)c1ccc(Cl)cc1. The molecular weight excluding hydrogens is 453 g/mol. The number of rotatable bonds is 7. The smallest absolute Gasteiger partial charge is 0.343 e. The van der Waals surface area contributed by atoms with Crippen LogP contribution < -0.4 is 20.2 Å². The third-order valence-electron chi connectivity index (χ3n) is 4.03. The van der Waals surface area contributed by atoms with Crippen LogP contribution in [0, 0.1) is 5.82 Å². The molecular formula is C23H19ClFN3O3S. The lowest BCUT2D eigenvalue weighted by Gasteiger charge is -2.11. The lowest BCUT2D eigenvalue weighted by atomic mass is 10.2. The zero-order valence-corrected chi connectivity index (χ0v) is 18.5. The van der Waals surface area contributed by atoms with Gasteiger partial charge in [-0.15, -0.1) is 0 Å². The van der Waals surface area contributed by atoms with Gasteiger partial charge < -0.3 is 14.8 Å². The van der Waals surface area contributed by atoms with E-state index in [9.17, 15) is 9.18 Å². The van der Waals surface area contributed by atoms with Crippen molar-refractivity contribution in [2.75, 3.05) is 11.9 Å². The molecule has 32 heavy (non-hydrogen) atoms. The molecule has 0 saturated heterocycles. The Morgan fingerprint density at radius 2 is 1.81 bits per heavy atom. The number of nitrogens with zero attached hydrogens (tertiary/aromatic N) is 1. The van der Waals surface area contributed by atoms with Crippen molar-refractivity contribution in [3.63, 3.8) is 0 Å². The van der Waals surface area contributed by atoms with Gasteiger partial charge >= 0.3 is 5.97 Å². The Balaban J connectivity index is 1.64. The van der Waals surface area contributed by atoms with Crippen molar-refractivity contribution < 1.29 is 18.7 Å². The van der Waals surface area contributed by atoms with E-state index in [-0.39, 0.29) is 16.7 Å². The van der Waals surface area contributed by atoms with Gasteiger partial charge in [-0.2, -0.15) is 5.10 Å². The van der Waals surface area contributed by atoms with Gasteiger partial charge in [-0.05, 0) is 91.4 Å². The molecule has 0 fully saturated rings. The predicted octanol–water partition coefficient (Wildman–Crippen LogP) is 5.42. The summed E-state index contributed by atoms with van der Waals surface area (Å²) >= 11 is 11.0. The molecule has 3 rings (SSSR count). The lowest BCUT2D eigenvalue weighted by Crippen LogP contribution is -2.23. The van der Waals surface area contributed by atoms with Crippen LogP contribution in [0.15, 0.2) is 71.8 Å². The normalized spacial score (nSPS) is 10.6. The van der Waals surface area contributed by atoms with Gasteiger partial charge in [-0.1, -0.05) is 11.6 Å². The number of carbonyl (C=O) groups is 1. The number of thiocarbonyl (C=S) groups is 1. The van der Waals surface area contributed by atoms with Gasteiger partial charge in [0.2, 0.25) is 0 Å². The Bertz CT molecular complexity index is 1120. The minimum absolute atomic E-state index is 0.242. The van der Waals surface area contributed by atoms with Crippen LogP contribution in [-0.4, -0.2) is 23.9 Å². The molecule has 0 spiro atoms. The van der Waals surface area contributed by atoms with Crippen molar-refractivity contribution in [2.24, 2.45) is 5.10 Å². The number of hydrogen-bond acceptors (Lipinski definition) is 5. The van der Waals surface area contributed by atoms with Gasteiger partial charge in [0, 0.05) is 10.7 Å². The summed E-state index contributed by atoms with van der Waals surface area (Å²) in [4.78, 5) is 12.4. The van der Waals surface area contributed by atoms with E-state index >= 15 is 0 Å². The Kier molecular flexibility index (Phi) is 8.13. The highest BCUT2D eigenvalue weighted by molar-refractivity contribution is 7.80. The molecule has 3 aromatic rings. The molecule has 0 atom stereocenters. The van der Waals surface area contributed by atoms with Crippen LogP contribution in [0.3, 0.4) is 0 Å².